The lowest BCUT2D eigenvalue weighted by atomic mass is 10.1. The van der Waals surface area contributed by atoms with Crippen molar-refractivity contribution in [2.24, 2.45) is 0 Å². The van der Waals surface area contributed by atoms with E-state index in [-0.39, 0.29) is 5.97 Å². The highest BCUT2D eigenvalue weighted by Crippen LogP contribution is 2.29. The van der Waals surface area contributed by atoms with Crippen molar-refractivity contribution < 1.29 is 9.53 Å². The van der Waals surface area contributed by atoms with Gasteiger partial charge in [0.05, 0.1) is 18.0 Å². The van der Waals surface area contributed by atoms with Gasteiger partial charge in [-0.1, -0.05) is 41.9 Å². The fourth-order valence-electron chi connectivity index (χ4n) is 2.61. The first-order valence-corrected chi connectivity index (χ1v) is 8.07. The predicted molar refractivity (Wildman–Crippen MR) is 94.7 cm³/mol. The van der Waals surface area contributed by atoms with Crippen LogP contribution in [0.25, 0.3) is 16.9 Å². The Morgan fingerprint density at radius 2 is 1.92 bits per heavy atom. The second-order valence-electron chi connectivity index (χ2n) is 5.29. The summed E-state index contributed by atoms with van der Waals surface area (Å²) in [6.45, 7) is 3.96. The summed E-state index contributed by atoms with van der Waals surface area (Å²) >= 11 is 6.10. The molecule has 3 aromatic rings. The Morgan fingerprint density at radius 3 is 2.58 bits per heavy atom. The number of carbonyl (C=O) groups excluding carboxylic acids is 1. The highest BCUT2D eigenvalue weighted by Gasteiger charge is 2.24. The standard InChI is InChI=1S/C19H17ClN2O2/c1-3-24-19(23)17-13(2)22(16-10-5-4-6-11-16)21-18(17)14-8-7-9-15(20)12-14/h4-12H,3H2,1-2H3. The van der Waals surface area contributed by atoms with Crippen molar-refractivity contribution in [1.29, 1.82) is 0 Å². The first-order valence-electron chi connectivity index (χ1n) is 7.70. The minimum atomic E-state index is -0.382. The van der Waals surface area contributed by atoms with Crippen LogP contribution in [-0.4, -0.2) is 22.4 Å². The van der Waals surface area contributed by atoms with E-state index in [0.717, 1.165) is 16.9 Å². The molecule has 4 nitrogen and oxygen atoms in total. The summed E-state index contributed by atoms with van der Waals surface area (Å²) in [6, 6.07) is 17.0. The zero-order chi connectivity index (χ0) is 17.1. The van der Waals surface area contributed by atoms with Gasteiger partial charge < -0.3 is 4.74 Å². The van der Waals surface area contributed by atoms with Gasteiger partial charge in [-0.2, -0.15) is 5.10 Å². The van der Waals surface area contributed by atoms with Gasteiger partial charge in [0, 0.05) is 10.6 Å². The molecule has 1 heterocycles. The monoisotopic (exact) mass is 340 g/mol. The van der Waals surface area contributed by atoms with Crippen molar-refractivity contribution in [2.45, 2.75) is 13.8 Å². The summed E-state index contributed by atoms with van der Waals surface area (Å²) in [4.78, 5) is 12.5. The van der Waals surface area contributed by atoms with E-state index in [2.05, 4.69) is 5.10 Å². The van der Waals surface area contributed by atoms with E-state index in [1.54, 1.807) is 23.7 Å². The molecular formula is C19H17ClN2O2. The van der Waals surface area contributed by atoms with E-state index >= 15 is 0 Å². The van der Waals surface area contributed by atoms with E-state index in [1.807, 2.05) is 49.4 Å². The van der Waals surface area contributed by atoms with Crippen LogP contribution in [0.3, 0.4) is 0 Å². The summed E-state index contributed by atoms with van der Waals surface area (Å²) in [7, 11) is 0. The maximum Gasteiger partial charge on any atom is 0.342 e. The van der Waals surface area contributed by atoms with Gasteiger partial charge in [-0.3, -0.25) is 0 Å². The highest BCUT2D eigenvalue weighted by molar-refractivity contribution is 6.30. The van der Waals surface area contributed by atoms with Gasteiger partial charge in [-0.25, -0.2) is 9.48 Å². The van der Waals surface area contributed by atoms with Gasteiger partial charge in [0.1, 0.15) is 11.3 Å². The number of para-hydroxylation sites is 1. The number of rotatable bonds is 4. The average molecular weight is 341 g/mol. The molecule has 0 unspecified atom stereocenters. The van der Waals surface area contributed by atoms with Gasteiger partial charge in [0.25, 0.3) is 0 Å². The highest BCUT2D eigenvalue weighted by atomic mass is 35.5. The maximum atomic E-state index is 12.5. The van der Waals surface area contributed by atoms with E-state index in [4.69, 9.17) is 16.3 Å². The van der Waals surface area contributed by atoms with Crippen LogP contribution in [0.1, 0.15) is 23.0 Å². The molecule has 0 spiro atoms. The first kappa shape index (κ1) is 16.3. The van der Waals surface area contributed by atoms with E-state index in [1.165, 1.54) is 0 Å². The van der Waals surface area contributed by atoms with Crippen LogP contribution in [0.2, 0.25) is 5.02 Å². The molecule has 0 fully saturated rings. The Morgan fingerprint density at radius 1 is 1.17 bits per heavy atom. The SMILES string of the molecule is CCOC(=O)c1c(-c2cccc(Cl)c2)nn(-c2ccccc2)c1C. The molecule has 0 saturated carbocycles. The minimum absolute atomic E-state index is 0.309. The third-order valence-corrected chi connectivity index (χ3v) is 3.93. The summed E-state index contributed by atoms with van der Waals surface area (Å²) < 4.78 is 6.98. The lowest BCUT2D eigenvalue weighted by Crippen LogP contribution is -2.07. The lowest BCUT2D eigenvalue weighted by molar-refractivity contribution is 0.0526. The van der Waals surface area contributed by atoms with Crippen LogP contribution in [0, 0.1) is 6.92 Å². The molecule has 0 bridgehead atoms. The number of carbonyl (C=O) groups is 1. The van der Waals surface area contributed by atoms with Crippen LogP contribution in [0.15, 0.2) is 54.6 Å². The third kappa shape index (κ3) is 3.05. The van der Waals surface area contributed by atoms with E-state index in [9.17, 15) is 4.79 Å². The molecule has 3 rings (SSSR count). The number of hydrogen-bond acceptors (Lipinski definition) is 3. The molecule has 0 radical (unpaired) electrons. The second-order valence-corrected chi connectivity index (χ2v) is 5.72. The van der Waals surface area contributed by atoms with Gasteiger partial charge in [0.2, 0.25) is 0 Å². The van der Waals surface area contributed by atoms with Crippen LogP contribution < -0.4 is 0 Å². The van der Waals surface area contributed by atoms with Crippen molar-refractivity contribution in [1.82, 2.24) is 9.78 Å². The second kappa shape index (κ2) is 6.89. The number of aromatic nitrogens is 2. The summed E-state index contributed by atoms with van der Waals surface area (Å²) in [5.41, 5.74) is 3.42. The zero-order valence-electron chi connectivity index (χ0n) is 13.5. The first-order chi connectivity index (χ1) is 11.6. The Hall–Kier alpha value is -2.59. The van der Waals surface area contributed by atoms with E-state index < -0.39 is 0 Å². The Kier molecular flexibility index (Phi) is 4.67. The number of halogens is 1. The molecule has 1 aromatic heterocycles. The molecule has 122 valence electrons. The summed E-state index contributed by atoms with van der Waals surface area (Å²) in [6.07, 6.45) is 0. The smallest absolute Gasteiger partial charge is 0.342 e. The molecule has 0 amide bonds. The fourth-order valence-corrected chi connectivity index (χ4v) is 2.80. The molecule has 0 aliphatic heterocycles. The van der Waals surface area contributed by atoms with Crippen LogP contribution in [0.5, 0.6) is 0 Å². The van der Waals surface area contributed by atoms with Crippen molar-refractivity contribution in [3.8, 4) is 16.9 Å². The normalized spacial score (nSPS) is 10.6. The Labute approximate surface area is 145 Å². The fraction of sp³-hybridized carbons (Fsp3) is 0.158. The van der Waals surface area contributed by atoms with Crippen LogP contribution in [0.4, 0.5) is 0 Å². The largest absolute Gasteiger partial charge is 0.462 e. The van der Waals surface area contributed by atoms with Crippen molar-refractivity contribution in [3.05, 3.63) is 70.9 Å². The summed E-state index contributed by atoms with van der Waals surface area (Å²) in [5.74, 6) is -0.382. The van der Waals surface area contributed by atoms with Crippen molar-refractivity contribution >= 4 is 17.6 Å². The molecule has 24 heavy (non-hydrogen) atoms. The van der Waals surface area contributed by atoms with Crippen molar-refractivity contribution in [3.63, 3.8) is 0 Å². The Bertz CT molecular complexity index is 872. The van der Waals surface area contributed by atoms with Crippen molar-refractivity contribution in [2.75, 3.05) is 6.61 Å². The molecule has 0 aliphatic rings. The van der Waals surface area contributed by atoms with E-state index in [0.29, 0.717) is 22.9 Å². The molecule has 2 aromatic carbocycles. The maximum absolute atomic E-state index is 12.5. The average Bonchev–Trinajstić information content (AvgIpc) is 2.93. The number of benzene rings is 2. The number of nitrogens with zero attached hydrogens (tertiary/aromatic N) is 2. The molecule has 0 saturated heterocycles. The van der Waals surface area contributed by atoms with Gasteiger partial charge >= 0.3 is 5.97 Å². The predicted octanol–water partition coefficient (Wildman–Crippen LogP) is 4.68. The summed E-state index contributed by atoms with van der Waals surface area (Å²) in [5, 5.41) is 5.24. The molecule has 0 aliphatic carbocycles. The van der Waals surface area contributed by atoms with Crippen LogP contribution >= 0.6 is 11.6 Å². The van der Waals surface area contributed by atoms with Gasteiger partial charge in [0.15, 0.2) is 0 Å². The lowest BCUT2D eigenvalue weighted by Gasteiger charge is -2.05. The topological polar surface area (TPSA) is 44.1 Å². The number of hydrogen-bond donors (Lipinski definition) is 0. The Balaban J connectivity index is 2.21. The number of ether oxygens (including phenoxy) is 1. The van der Waals surface area contributed by atoms with Gasteiger partial charge in [-0.05, 0) is 38.1 Å². The minimum Gasteiger partial charge on any atom is -0.462 e. The van der Waals surface area contributed by atoms with Gasteiger partial charge in [-0.15, -0.1) is 0 Å². The molecular weight excluding hydrogens is 324 g/mol. The number of esters is 1. The quantitative estimate of drug-likeness (QED) is 0.648. The van der Waals surface area contributed by atoms with Crippen LogP contribution in [-0.2, 0) is 4.74 Å². The third-order valence-electron chi connectivity index (χ3n) is 3.69. The zero-order valence-corrected chi connectivity index (χ0v) is 14.2. The molecule has 5 heteroatoms. The molecule has 0 atom stereocenters. The molecule has 0 N–H and O–H groups in total.